The van der Waals surface area contributed by atoms with Gasteiger partial charge in [0.1, 0.15) is 0 Å². The van der Waals surface area contributed by atoms with Crippen molar-refractivity contribution in [2.45, 2.75) is 6.92 Å². The van der Waals surface area contributed by atoms with Gasteiger partial charge in [-0.05, 0) is 25.1 Å². The summed E-state index contributed by atoms with van der Waals surface area (Å²) >= 11 is 11.6. The first-order chi connectivity index (χ1) is 9.52. The third-order valence-corrected chi connectivity index (χ3v) is 2.63. The number of ether oxygens (including phenoxy) is 1. The molecule has 1 amide bonds. The van der Waals surface area contributed by atoms with Crippen LogP contribution in [0.2, 0.25) is 10.0 Å². The van der Waals surface area contributed by atoms with Crippen molar-refractivity contribution in [3.8, 4) is 0 Å². The Morgan fingerprint density at radius 3 is 2.70 bits per heavy atom. The molecule has 0 atom stereocenters. The standard InChI is InChI=1S/C14H13Cl2NO3/c1-2-3-4-5-14(19)20-9-13(18)17-12-7-6-10(15)8-11(12)16/h2-8H,9H2,1H3,(H,17,18)/b3-2+,5-4+. The lowest BCUT2D eigenvalue weighted by atomic mass is 10.3. The average molecular weight is 314 g/mol. The molecular formula is C14H13Cl2NO3. The Morgan fingerprint density at radius 2 is 2.05 bits per heavy atom. The lowest BCUT2D eigenvalue weighted by Gasteiger charge is -2.07. The highest BCUT2D eigenvalue weighted by Crippen LogP contribution is 2.25. The molecule has 0 unspecified atom stereocenters. The van der Waals surface area contributed by atoms with Gasteiger partial charge in [0.15, 0.2) is 6.61 Å². The van der Waals surface area contributed by atoms with E-state index in [4.69, 9.17) is 27.9 Å². The van der Waals surface area contributed by atoms with E-state index in [0.717, 1.165) is 0 Å². The number of halogens is 2. The van der Waals surface area contributed by atoms with Crippen LogP contribution in [-0.2, 0) is 14.3 Å². The SMILES string of the molecule is C/C=C/C=C/C(=O)OCC(=O)Nc1ccc(Cl)cc1Cl. The fourth-order valence-corrected chi connectivity index (χ4v) is 1.66. The highest BCUT2D eigenvalue weighted by Gasteiger charge is 2.08. The summed E-state index contributed by atoms with van der Waals surface area (Å²) in [5.41, 5.74) is 0.404. The van der Waals surface area contributed by atoms with E-state index in [-0.39, 0.29) is 0 Å². The molecule has 0 bridgehead atoms. The summed E-state index contributed by atoms with van der Waals surface area (Å²) in [6.07, 6.45) is 6.19. The second kappa shape index (κ2) is 8.40. The molecule has 0 spiro atoms. The average Bonchev–Trinajstić information content (AvgIpc) is 2.40. The number of anilines is 1. The van der Waals surface area contributed by atoms with Crippen molar-refractivity contribution in [3.05, 3.63) is 52.5 Å². The summed E-state index contributed by atoms with van der Waals surface area (Å²) in [5, 5.41) is 3.29. The smallest absolute Gasteiger partial charge is 0.331 e. The van der Waals surface area contributed by atoms with Crippen LogP contribution in [0.5, 0.6) is 0 Å². The Morgan fingerprint density at radius 1 is 1.30 bits per heavy atom. The molecule has 106 valence electrons. The fourth-order valence-electron chi connectivity index (χ4n) is 1.21. The van der Waals surface area contributed by atoms with Crippen molar-refractivity contribution >= 4 is 40.8 Å². The van der Waals surface area contributed by atoms with Crippen LogP contribution >= 0.6 is 23.2 Å². The van der Waals surface area contributed by atoms with Crippen molar-refractivity contribution in [1.82, 2.24) is 0 Å². The van der Waals surface area contributed by atoms with Crippen molar-refractivity contribution in [2.75, 3.05) is 11.9 Å². The summed E-state index contributed by atoms with van der Waals surface area (Å²) in [6, 6.07) is 4.66. The molecule has 0 radical (unpaired) electrons. The van der Waals surface area contributed by atoms with Gasteiger partial charge in [-0.15, -0.1) is 0 Å². The molecule has 0 saturated heterocycles. The number of allylic oxidation sites excluding steroid dienone is 3. The zero-order chi connectivity index (χ0) is 15.0. The normalized spacial score (nSPS) is 10.9. The van der Waals surface area contributed by atoms with Gasteiger partial charge in [-0.2, -0.15) is 0 Å². The molecule has 1 rings (SSSR count). The van der Waals surface area contributed by atoms with Crippen molar-refractivity contribution in [2.24, 2.45) is 0 Å². The number of esters is 1. The van der Waals surface area contributed by atoms with Crippen LogP contribution in [0, 0.1) is 0 Å². The van der Waals surface area contributed by atoms with Gasteiger partial charge in [0.05, 0.1) is 10.7 Å². The summed E-state index contributed by atoms with van der Waals surface area (Å²) in [7, 11) is 0. The number of carbonyl (C=O) groups excluding carboxylic acids is 2. The van der Waals surface area contributed by atoms with Crippen LogP contribution in [0.25, 0.3) is 0 Å². The van der Waals surface area contributed by atoms with Crippen LogP contribution in [0.4, 0.5) is 5.69 Å². The molecule has 20 heavy (non-hydrogen) atoms. The first-order valence-corrected chi connectivity index (χ1v) is 6.49. The monoisotopic (exact) mass is 313 g/mol. The number of rotatable bonds is 5. The van der Waals surface area contributed by atoms with Crippen LogP contribution < -0.4 is 5.32 Å². The minimum absolute atomic E-state index is 0.310. The van der Waals surface area contributed by atoms with E-state index < -0.39 is 18.5 Å². The van der Waals surface area contributed by atoms with Gasteiger partial charge in [0.2, 0.25) is 0 Å². The van der Waals surface area contributed by atoms with E-state index in [1.165, 1.54) is 18.2 Å². The predicted molar refractivity (Wildman–Crippen MR) is 80.0 cm³/mol. The van der Waals surface area contributed by atoms with Crippen molar-refractivity contribution in [3.63, 3.8) is 0 Å². The van der Waals surface area contributed by atoms with E-state index in [0.29, 0.717) is 15.7 Å². The Hall–Kier alpha value is -1.78. The van der Waals surface area contributed by atoms with E-state index in [1.807, 2.05) is 6.92 Å². The molecule has 1 N–H and O–H groups in total. The molecular weight excluding hydrogens is 301 g/mol. The van der Waals surface area contributed by atoms with Gasteiger partial charge in [0, 0.05) is 11.1 Å². The van der Waals surface area contributed by atoms with E-state index >= 15 is 0 Å². The third-order valence-electron chi connectivity index (χ3n) is 2.09. The molecule has 1 aromatic rings. The van der Waals surface area contributed by atoms with Crippen LogP contribution in [0.3, 0.4) is 0 Å². The lowest BCUT2D eigenvalue weighted by Crippen LogP contribution is -2.20. The van der Waals surface area contributed by atoms with E-state index in [1.54, 1.807) is 24.3 Å². The minimum Gasteiger partial charge on any atom is -0.452 e. The summed E-state index contributed by atoms with van der Waals surface area (Å²) in [5.74, 6) is -1.08. The third kappa shape index (κ3) is 5.91. The molecule has 0 aliphatic carbocycles. The first-order valence-electron chi connectivity index (χ1n) is 5.74. The van der Waals surface area contributed by atoms with Crippen LogP contribution in [0.15, 0.2) is 42.5 Å². The zero-order valence-corrected chi connectivity index (χ0v) is 12.2. The highest BCUT2D eigenvalue weighted by molar-refractivity contribution is 6.36. The molecule has 0 saturated carbocycles. The second-order valence-corrected chi connectivity index (χ2v) is 4.51. The number of nitrogens with one attached hydrogen (secondary N) is 1. The largest absolute Gasteiger partial charge is 0.452 e. The summed E-state index contributed by atoms with van der Waals surface area (Å²) in [6.45, 7) is 1.43. The Kier molecular flexibility index (Phi) is 6.84. The minimum atomic E-state index is -0.597. The maximum atomic E-state index is 11.6. The quantitative estimate of drug-likeness (QED) is 0.513. The van der Waals surface area contributed by atoms with Crippen molar-refractivity contribution < 1.29 is 14.3 Å². The van der Waals surface area contributed by atoms with Crippen LogP contribution in [0.1, 0.15) is 6.92 Å². The number of amides is 1. The topological polar surface area (TPSA) is 55.4 Å². The number of carbonyl (C=O) groups is 2. The van der Waals surface area contributed by atoms with Crippen LogP contribution in [-0.4, -0.2) is 18.5 Å². The molecule has 1 aromatic carbocycles. The Balaban J connectivity index is 2.46. The Bertz CT molecular complexity index is 553. The van der Waals surface area contributed by atoms with Gasteiger partial charge >= 0.3 is 5.97 Å². The zero-order valence-electron chi connectivity index (χ0n) is 10.7. The van der Waals surface area contributed by atoms with Crippen molar-refractivity contribution in [1.29, 1.82) is 0 Å². The Labute approximate surface area is 127 Å². The number of hydrogen-bond acceptors (Lipinski definition) is 3. The molecule has 0 aliphatic heterocycles. The van der Waals surface area contributed by atoms with E-state index in [2.05, 4.69) is 5.32 Å². The van der Waals surface area contributed by atoms with Gasteiger partial charge in [-0.3, -0.25) is 4.79 Å². The molecule has 0 aromatic heterocycles. The summed E-state index contributed by atoms with van der Waals surface area (Å²) in [4.78, 5) is 22.8. The highest BCUT2D eigenvalue weighted by atomic mass is 35.5. The number of hydrogen-bond donors (Lipinski definition) is 1. The first kappa shape index (κ1) is 16.3. The predicted octanol–water partition coefficient (Wildman–Crippen LogP) is 3.61. The number of benzene rings is 1. The van der Waals surface area contributed by atoms with Gasteiger partial charge in [0.25, 0.3) is 5.91 Å². The molecule has 0 aliphatic rings. The van der Waals surface area contributed by atoms with E-state index in [9.17, 15) is 9.59 Å². The van der Waals surface area contributed by atoms with Gasteiger partial charge in [-0.1, -0.05) is 41.4 Å². The lowest BCUT2D eigenvalue weighted by molar-refractivity contribution is -0.142. The maximum absolute atomic E-state index is 11.6. The maximum Gasteiger partial charge on any atom is 0.331 e. The fraction of sp³-hybridized carbons (Fsp3) is 0.143. The molecule has 0 fully saturated rings. The van der Waals surface area contributed by atoms with Gasteiger partial charge in [-0.25, -0.2) is 4.79 Å². The second-order valence-electron chi connectivity index (χ2n) is 3.66. The van der Waals surface area contributed by atoms with Gasteiger partial charge < -0.3 is 10.1 Å². The summed E-state index contributed by atoms with van der Waals surface area (Å²) < 4.78 is 4.75. The molecule has 0 heterocycles. The molecule has 6 heteroatoms. The molecule has 4 nitrogen and oxygen atoms in total.